The van der Waals surface area contributed by atoms with Crippen molar-refractivity contribution in [2.75, 3.05) is 38.2 Å². The molecule has 1 amide bonds. The molecule has 3 aromatic rings. The van der Waals surface area contributed by atoms with Crippen molar-refractivity contribution < 1.29 is 18.3 Å². The number of aromatic nitrogens is 2. The lowest BCUT2D eigenvalue weighted by Crippen LogP contribution is -2.50. The summed E-state index contributed by atoms with van der Waals surface area (Å²) in [6, 6.07) is 4.60. The van der Waals surface area contributed by atoms with Crippen molar-refractivity contribution in [1.29, 1.82) is 0 Å². The third-order valence-electron chi connectivity index (χ3n) is 5.41. The SMILES string of the molecule is COc1cc(N2CCN(C(=O)Cn3nc(-c4ccoc4)c(Cl)c3C)CC2)c(F)cc1Cl. The molecule has 1 saturated heterocycles. The van der Waals surface area contributed by atoms with E-state index in [1.807, 2.05) is 11.8 Å². The van der Waals surface area contributed by atoms with Gasteiger partial charge in [0.1, 0.15) is 23.8 Å². The fourth-order valence-electron chi connectivity index (χ4n) is 3.60. The highest BCUT2D eigenvalue weighted by Gasteiger charge is 2.25. The van der Waals surface area contributed by atoms with E-state index in [1.165, 1.54) is 13.2 Å². The molecular weight excluding hydrogens is 446 g/mol. The Morgan fingerprint density at radius 2 is 2.00 bits per heavy atom. The molecule has 0 bridgehead atoms. The number of amides is 1. The van der Waals surface area contributed by atoms with Crippen molar-refractivity contribution in [3.8, 4) is 17.0 Å². The van der Waals surface area contributed by atoms with Gasteiger partial charge in [0, 0.05) is 37.8 Å². The highest BCUT2D eigenvalue weighted by molar-refractivity contribution is 6.33. The Hall–Kier alpha value is -2.71. The summed E-state index contributed by atoms with van der Waals surface area (Å²) in [7, 11) is 1.49. The maximum atomic E-state index is 14.4. The summed E-state index contributed by atoms with van der Waals surface area (Å²) in [5.41, 5.74) is 2.46. The van der Waals surface area contributed by atoms with Gasteiger partial charge in [0.05, 0.1) is 41.1 Å². The summed E-state index contributed by atoms with van der Waals surface area (Å²) in [5.74, 6) is -0.0787. The van der Waals surface area contributed by atoms with Gasteiger partial charge in [-0.1, -0.05) is 23.2 Å². The lowest BCUT2D eigenvalue weighted by Gasteiger charge is -2.36. The van der Waals surface area contributed by atoms with Gasteiger partial charge in [-0.2, -0.15) is 5.10 Å². The van der Waals surface area contributed by atoms with Crippen LogP contribution in [0.25, 0.3) is 11.3 Å². The van der Waals surface area contributed by atoms with Crippen molar-refractivity contribution in [2.24, 2.45) is 0 Å². The second kappa shape index (κ2) is 8.80. The van der Waals surface area contributed by atoms with Crippen LogP contribution in [0, 0.1) is 12.7 Å². The van der Waals surface area contributed by atoms with Gasteiger partial charge in [-0.15, -0.1) is 0 Å². The van der Waals surface area contributed by atoms with E-state index in [9.17, 15) is 9.18 Å². The molecule has 0 spiro atoms. The Labute approximate surface area is 188 Å². The number of rotatable bonds is 5. The van der Waals surface area contributed by atoms with Gasteiger partial charge in [0.15, 0.2) is 0 Å². The van der Waals surface area contributed by atoms with Gasteiger partial charge in [-0.05, 0) is 19.1 Å². The predicted molar refractivity (Wildman–Crippen MR) is 116 cm³/mol. The zero-order valence-electron chi connectivity index (χ0n) is 17.1. The van der Waals surface area contributed by atoms with Crippen molar-refractivity contribution in [2.45, 2.75) is 13.5 Å². The van der Waals surface area contributed by atoms with E-state index < -0.39 is 5.82 Å². The standard InChI is InChI=1S/C21H21Cl2FN4O3/c1-13-20(23)21(14-3-8-31-12-14)25-28(13)11-19(29)27-6-4-26(5-7-27)17-10-18(30-2)15(22)9-16(17)24/h3,8-10,12H,4-7,11H2,1-2H3. The van der Waals surface area contributed by atoms with E-state index in [1.54, 1.807) is 34.2 Å². The molecule has 1 aliphatic heterocycles. The number of carbonyl (C=O) groups excluding carboxylic acids is 1. The quantitative estimate of drug-likeness (QED) is 0.562. The topological polar surface area (TPSA) is 63.7 Å². The van der Waals surface area contributed by atoms with Crippen LogP contribution in [0.4, 0.5) is 10.1 Å². The molecular formula is C21H21Cl2FN4O3. The number of benzene rings is 1. The second-order valence-corrected chi connectivity index (χ2v) is 8.01. The average Bonchev–Trinajstić information content (AvgIpc) is 3.38. The summed E-state index contributed by atoms with van der Waals surface area (Å²) < 4.78 is 26.3. The molecule has 0 aliphatic carbocycles. The molecule has 2 aromatic heterocycles. The summed E-state index contributed by atoms with van der Waals surface area (Å²) >= 11 is 12.4. The van der Waals surface area contributed by atoms with E-state index >= 15 is 0 Å². The monoisotopic (exact) mass is 466 g/mol. The first kappa shape index (κ1) is 21.5. The van der Waals surface area contributed by atoms with Crippen LogP contribution in [0.2, 0.25) is 10.0 Å². The Morgan fingerprint density at radius 3 is 2.65 bits per heavy atom. The molecule has 0 atom stereocenters. The number of furan rings is 1. The fraction of sp³-hybridized carbons (Fsp3) is 0.333. The van der Waals surface area contributed by atoms with Crippen LogP contribution in [0.5, 0.6) is 5.75 Å². The molecule has 3 heterocycles. The number of hydrogen-bond donors (Lipinski definition) is 0. The van der Waals surface area contributed by atoms with E-state index in [0.717, 1.165) is 5.56 Å². The molecule has 0 radical (unpaired) electrons. The van der Waals surface area contributed by atoms with Crippen LogP contribution >= 0.6 is 23.2 Å². The normalized spacial score (nSPS) is 14.2. The number of ether oxygens (including phenoxy) is 1. The first-order valence-corrected chi connectivity index (χ1v) is 10.5. The first-order chi connectivity index (χ1) is 14.9. The number of anilines is 1. The van der Waals surface area contributed by atoms with Crippen molar-refractivity contribution >= 4 is 34.8 Å². The van der Waals surface area contributed by atoms with Crippen molar-refractivity contribution in [3.63, 3.8) is 0 Å². The number of halogens is 3. The van der Waals surface area contributed by atoms with Crippen LogP contribution < -0.4 is 9.64 Å². The lowest BCUT2D eigenvalue weighted by molar-refractivity contribution is -0.132. The van der Waals surface area contributed by atoms with Gasteiger partial charge in [-0.3, -0.25) is 9.48 Å². The highest BCUT2D eigenvalue weighted by atomic mass is 35.5. The zero-order valence-corrected chi connectivity index (χ0v) is 18.6. The molecule has 1 aliphatic rings. The van der Waals surface area contributed by atoms with E-state index in [2.05, 4.69) is 5.10 Å². The van der Waals surface area contributed by atoms with Gasteiger partial charge in [0.25, 0.3) is 0 Å². The minimum atomic E-state index is -0.417. The maximum Gasteiger partial charge on any atom is 0.244 e. The van der Waals surface area contributed by atoms with Gasteiger partial charge < -0.3 is 19.0 Å². The van der Waals surface area contributed by atoms with Crippen LogP contribution in [-0.4, -0.2) is 53.9 Å². The minimum Gasteiger partial charge on any atom is -0.495 e. The molecule has 4 rings (SSSR count). The molecule has 0 N–H and O–H groups in total. The van der Waals surface area contributed by atoms with Crippen LogP contribution in [-0.2, 0) is 11.3 Å². The van der Waals surface area contributed by atoms with Crippen LogP contribution in [0.1, 0.15) is 5.69 Å². The number of piperazine rings is 1. The molecule has 10 heteroatoms. The summed E-state index contributed by atoms with van der Waals surface area (Å²) in [6.07, 6.45) is 3.10. The Morgan fingerprint density at radius 1 is 1.26 bits per heavy atom. The van der Waals surface area contributed by atoms with Gasteiger partial charge in [0.2, 0.25) is 5.91 Å². The lowest BCUT2D eigenvalue weighted by atomic mass is 10.2. The summed E-state index contributed by atoms with van der Waals surface area (Å²) in [4.78, 5) is 16.5. The average molecular weight is 467 g/mol. The third kappa shape index (κ3) is 4.22. The van der Waals surface area contributed by atoms with Crippen molar-refractivity contribution in [3.05, 3.63) is 52.3 Å². The van der Waals surface area contributed by atoms with Crippen molar-refractivity contribution in [1.82, 2.24) is 14.7 Å². The smallest absolute Gasteiger partial charge is 0.244 e. The molecule has 0 saturated carbocycles. The molecule has 0 unspecified atom stereocenters. The summed E-state index contributed by atoms with van der Waals surface area (Å²) in [5, 5.41) is 5.19. The Bertz CT molecular complexity index is 1090. The molecule has 7 nitrogen and oxygen atoms in total. The Balaban J connectivity index is 1.42. The number of nitrogens with zero attached hydrogens (tertiary/aromatic N) is 4. The molecule has 31 heavy (non-hydrogen) atoms. The largest absolute Gasteiger partial charge is 0.495 e. The Kier molecular flexibility index (Phi) is 6.11. The first-order valence-electron chi connectivity index (χ1n) is 9.70. The second-order valence-electron chi connectivity index (χ2n) is 7.22. The molecule has 1 fully saturated rings. The molecule has 164 valence electrons. The van der Waals surface area contributed by atoms with E-state index in [4.69, 9.17) is 32.4 Å². The maximum absolute atomic E-state index is 14.4. The summed E-state index contributed by atoms with van der Waals surface area (Å²) in [6.45, 7) is 3.81. The predicted octanol–water partition coefficient (Wildman–Crippen LogP) is 4.25. The van der Waals surface area contributed by atoms with Crippen LogP contribution in [0.15, 0.2) is 35.1 Å². The number of methoxy groups -OCH3 is 1. The minimum absolute atomic E-state index is 0.0742. The number of hydrogen-bond acceptors (Lipinski definition) is 5. The number of carbonyl (C=O) groups is 1. The highest BCUT2D eigenvalue weighted by Crippen LogP contribution is 2.33. The van der Waals surface area contributed by atoms with E-state index in [-0.39, 0.29) is 17.5 Å². The molecule has 1 aromatic carbocycles. The van der Waals surface area contributed by atoms with E-state index in [0.29, 0.717) is 54.0 Å². The fourth-order valence-corrected chi connectivity index (χ4v) is 4.08. The van der Waals surface area contributed by atoms with Gasteiger partial charge >= 0.3 is 0 Å². The third-order valence-corrected chi connectivity index (χ3v) is 6.16. The zero-order chi connectivity index (χ0) is 22.1. The van der Waals surface area contributed by atoms with Crippen LogP contribution in [0.3, 0.4) is 0 Å². The van der Waals surface area contributed by atoms with Gasteiger partial charge in [-0.25, -0.2) is 4.39 Å².